The SMILES string of the molecule is Cc1ccc2c(n1)CC1(CCN(c3ncc(Sc4ccnc(N)c4Cl)nn3)CC1)[C@@H]2N. The smallest absolute Gasteiger partial charge is 0.245 e. The van der Waals surface area contributed by atoms with Crippen LogP contribution in [0.1, 0.15) is 35.8 Å². The number of fused-ring (bicyclic) bond motifs is 1. The van der Waals surface area contributed by atoms with Crippen LogP contribution in [0.4, 0.5) is 11.8 Å². The molecule has 10 heteroatoms. The quantitative estimate of drug-likeness (QED) is 0.614. The van der Waals surface area contributed by atoms with E-state index in [1.807, 2.05) is 6.92 Å². The molecule has 0 bridgehead atoms. The Morgan fingerprint density at radius 1 is 1.16 bits per heavy atom. The second-order valence-electron chi connectivity index (χ2n) is 8.20. The van der Waals surface area contributed by atoms with Crippen LogP contribution in [0.15, 0.2) is 40.5 Å². The molecule has 1 aliphatic heterocycles. The standard InChI is InChI=1S/C21H23ClN8S/c1-12-2-3-13-14(27-12)10-21(18(13)23)5-8-30(9-6-21)20-26-11-16(28-29-20)31-15-4-7-25-19(24)17(15)22/h2-4,7,11,18H,5-6,8-10,23H2,1H3,(H2,24,25)/t18-/m1/s1. The van der Waals surface area contributed by atoms with Gasteiger partial charge in [0.05, 0.1) is 11.2 Å². The van der Waals surface area contributed by atoms with Gasteiger partial charge in [-0.05, 0) is 49.3 Å². The van der Waals surface area contributed by atoms with E-state index in [-0.39, 0.29) is 11.5 Å². The minimum Gasteiger partial charge on any atom is -0.382 e. The number of piperidine rings is 1. The molecule has 1 fully saturated rings. The van der Waals surface area contributed by atoms with Crippen LogP contribution in [0, 0.1) is 12.3 Å². The predicted molar refractivity (Wildman–Crippen MR) is 121 cm³/mol. The summed E-state index contributed by atoms with van der Waals surface area (Å²) >= 11 is 7.57. The van der Waals surface area contributed by atoms with E-state index in [0.717, 1.165) is 48.6 Å². The second-order valence-corrected chi connectivity index (χ2v) is 9.64. The number of aromatic nitrogens is 5. The van der Waals surface area contributed by atoms with Crippen molar-refractivity contribution in [2.24, 2.45) is 11.1 Å². The van der Waals surface area contributed by atoms with E-state index in [2.05, 4.69) is 37.2 Å². The lowest BCUT2D eigenvalue weighted by Crippen LogP contribution is -2.45. The van der Waals surface area contributed by atoms with Crippen LogP contribution in [0.5, 0.6) is 0 Å². The summed E-state index contributed by atoms with van der Waals surface area (Å²) in [5, 5.41) is 9.73. The summed E-state index contributed by atoms with van der Waals surface area (Å²) in [6.45, 7) is 3.73. The molecule has 0 aromatic carbocycles. The van der Waals surface area contributed by atoms with Crippen LogP contribution >= 0.6 is 23.4 Å². The highest BCUT2D eigenvalue weighted by molar-refractivity contribution is 7.99. The zero-order chi connectivity index (χ0) is 21.6. The number of hydrogen-bond donors (Lipinski definition) is 2. The molecule has 1 aliphatic carbocycles. The molecule has 1 atom stereocenters. The van der Waals surface area contributed by atoms with Gasteiger partial charge in [0.2, 0.25) is 5.95 Å². The lowest BCUT2D eigenvalue weighted by molar-refractivity contribution is 0.186. The highest BCUT2D eigenvalue weighted by atomic mass is 35.5. The Labute approximate surface area is 189 Å². The summed E-state index contributed by atoms with van der Waals surface area (Å²) < 4.78 is 0. The normalized spacial score (nSPS) is 19.6. The molecule has 5 rings (SSSR count). The molecule has 3 aromatic heterocycles. The Kier molecular flexibility index (Phi) is 5.19. The van der Waals surface area contributed by atoms with Gasteiger partial charge < -0.3 is 16.4 Å². The number of anilines is 2. The molecule has 8 nitrogen and oxygen atoms in total. The van der Waals surface area contributed by atoms with Gasteiger partial charge in [0.15, 0.2) is 0 Å². The van der Waals surface area contributed by atoms with Crippen LogP contribution < -0.4 is 16.4 Å². The third-order valence-electron chi connectivity index (χ3n) is 6.33. The van der Waals surface area contributed by atoms with Gasteiger partial charge in [0.1, 0.15) is 10.8 Å². The summed E-state index contributed by atoms with van der Waals surface area (Å²) in [5.74, 6) is 0.932. The first-order chi connectivity index (χ1) is 14.9. The van der Waals surface area contributed by atoms with E-state index in [9.17, 15) is 0 Å². The summed E-state index contributed by atoms with van der Waals surface area (Å²) in [4.78, 5) is 16.2. The van der Waals surface area contributed by atoms with Gasteiger partial charge in [-0.25, -0.2) is 9.97 Å². The minimum atomic E-state index is 0.0353. The molecule has 4 N–H and O–H groups in total. The van der Waals surface area contributed by atoms with Crippen molar-refractivity contribution >= 4 is 35.1 Å². The largest absolute Gasteiger partial charge is 0.382 e. The van der Waals surface area contributed by atoms with E-state index in [1.165, 1.54) is 17.3 Å². The highest BCUT2D eigenvalue weighted by Crippen LogP contribution is 2.50. The van der Waals surface area contributed by atoms with Crippen molar-refractivity contribution in [1.29, 1.82) is 0 Å². The number of pyridine rings is 2. The molecule has 2 aliphatic rings. The number of nitrogens with zero attached hydrogens (tertiary/aromatic N) is 6. The van der Waals surface area contributed by atoms with Gasteiger partial charge >= 0.3 is 0 Å². The molecule has 1 spiro atoms. The lowest BCUT2D eigenvalue weighted by Gasteiger charge is -2.41. The Balaban J connectivity index is 1.26. The van der Waals surface area contributed by atoms with Crippen LogP contribution in [-0.4, -0.2) is 38.2 Å². The Morgan fingerprint density at radius 3 is 2.71 bits per heavy atom. The summed E-state index contributed by atoms with van der Waals surface area (Å²) in [5.41, 5.74) is 15.9. The predicted octanol–water partition coefficient (Wildman–Crippen LogP) is 3.20. The number of hydrogen-bond acceptors (Lipinski definition) is 9. The summed E-state index contributed by atoms with van der Waals surface area (Å²) in [7, 11) is 0. The molecular weight excluding hydrogens is 432 g/mol. The van der Waals surface area contributed by atoms with Crippen LogP contribution in [0.25, 0.3) is 0 Å². The first-order valence-corrected chi connectivity index (χ1v) is 11.4. The van der Waals surface area contributed by atoms with Crippen molar-refractivity contribution in [2.75, 3.05) is 23.7 Å². The van der Waals surface area contributed by atoms with Crippen molar-refractivity contribution in [3.63, 3.8) is 0 Å². The van der Waals surface area contributed by atoms with Gasteiger partial charge in [-0.2, -0.15) is 0 Å². The Morgan fingerprint density at radius 2 is 1.97 bits per heavy atom. The maximum absolute atomic E-state index is 6.68. The van der Waals surface area contributed by atoms with E-state index >= 15 is 0 Å². The van der Waals surface area contributed by atoms with Crippen molar-refractivity contribution in [3.8, 4) is 0 Å². The van der Waals surface area contributed by atoms with E-state index in [1.54, 1.807) is 18.5 Å². The lowest BCUT2D eigenvalue weighted by atomic mass is 9.73. The van der Waals surface area contributed by atoms with Gasteiger partial charge in [-0.15, -0.1) is 10.2 Å². The third kappa shape index (κ3) is 3.71. The molecule has 0 saturated carbocycles. The molecule has 4 heterocycles. The number of halogens is 1. The van der Waals surface area contributed by atoms with Gasteiger partial charge in [-0.1, -0.05) is 29.4 Å². The minimum absolute atomic E-state index is 0.0353. The molecule has 0 unspecified atom stereocenters. The van der Waals surface area contributed by atoms with E-state index in [0.29, 0.717) is 21.8 Å². The van der Waals surface area contributed by atoms with Crippen molar-refractivity contribution in [2.45, 2.75) is 42.1 Å². The average molecular weight is 455 g/mol. The fourth-order valence-corrected chi connectivity index (χ4v) is 5.51. The molecule has 31 heavy (non-hydrogen) atoms. The highest BCUT2D eigenvalue weighted by Gasteiger charge is 2.46. The molecule has 160 valence electrons. The van der Waals surface area contributed by atoms with Gasteiger partial charge in [0.25, 0.3) is 0 Å². The summed E-state index contributed by atoms with van der Waals surface area (Å²) in [6.07, 6.45) is 6.24. The molecular formula is C21H23ClN8S. The first-order valence-electron chi connectivity index (χ1n) is 10.2. The molecule has 3 aromatic rings. The zero-order valence-electron chi connectivity index (χ0n) is 17.1. The first kappa shape index (κ1) is 20.4. The molecule has 0 radical (unpaired) electrons. The van der Waals surface area contributed by atoms with E-state index in [4.69, 9.17) is 28.1 Å². The Hall–Kier alpha value is -2.49. The van der Waals surface area contributed by atoms with E-state index < -0.39 is 0 Å². The monoisotopic (exact) mass is 454 g/mol. The number of aryl methyl sites for hydroxylation is 1. The van der Waals surface area contributed by atoms with Crippen LogP contribution in [-0.2, 0) is 6.42 Å². The summed E-state index contributed by atoms with van der Waals surface area (Å²) in [6, 6.07) is 6.03. The molecule has 0 amide bonds. The Bertz CT molecular complexity index is 1110. The second kappa shape index (κ2) is 7.89. The van der Waals surface area contributed by atoms with Crippen LogP contribution in [0.2, 0.25) is 5.02 Å². The number of nitrogen functional groups attached to an aromatic ring is 1. The molecule has 1 saturated heterocycles. The maximum atomic E-state index is 6.68. The van der Waals surface area contributed by atoms with Gasteiger partial charge in [-0.3, -0.25) is 4.98 Å². The number of rotatable bonds is 3. The fourth-order valence-electron chi connectivity index (χ4n) is 4.54. The van der Waals surface area contributed by atoms with Gasteiger partial charge in [0, 0.05) is 41.6 Å². The van der Waals surface area contributed by atoms with Crippen molar-refractivity contribution in [3.05, 3.63) is 52.6 Å². The topological polar surface area (TPSA) is 120 Å². The average Bonchev–Trinajstić information content (AvgIpc) is 3.03. The van der Waals surface area contributed by atoms with Crippen molar-refractivity contribution < 1.29 is 0 Å². The maximum Gasteiger partial charge on any atom is 0.245 e. The van der Waals surface area contributed by atoms with Crippen LogP contribution in [0.3, 0.4) is 0 Å². The third-order valence-corrected chi connectivity index (χ3v) is 7.79. The fraction of sp³-hybridized carbons (Fsp3) is 0.381. The zero-order valence-corrected chi connectivity index (χ0v) is 18.7. The van der Waals surface area contributed by atoms with Crippen molar-refractivity contribution in [1.82, 2.24) is 25.1 Å². The number of nitrogens with two attached hydrogens (primary N) is 2.